The molecular formula is C15H22N2O2. The maximum Gasteiger partial charge on any atom is 0.231 e. The van der Waals surface area contributed by atoms with Crippen molar-refractivity contribution < 1.29 is 9.47 Å². The van der Waals surface area contributed by atoms with Gasteiger partial charge in [0.1, 0.15) is 0 Å². The number of nitrogens with one attached hydrogen (secondary N) is 1. The molecule has 2 aliphatic rings. The molecule has 0 saturated carbocycles. The molecule has 1 unspecified atom stereocenters. The second-order valence-corrected chi connectivity index (χ2v) is 5.32. The number of rotatable bonds is 4. The van der Waals surface area contributed by atoms with Crippen LogP contribution in [0.2, 0.25) is 0 Å². The summed E-state index contributed by atoms with van der Waals surface area (Å²) in [4.78, 5) is 2.52. The SMILES string of the molecule is CCNC1CCCN(Cc2ccc3c(c2)OCO3)C1. The summed E-state index contributed by atoms with van der Waals surface area (Å²) in [6.45, 7) is 6.92. The molecule has 2 heterocycles. The van der Waals surface area contributed by atoms with E-state index in [0.29, 0.717) is 12.8 Å². The van der Waals surface area contributed by atoms with Crippen molar-refractivity contribution in [1.29, 1.82) is 0 Å². The first kappa shape index (κ1) is 12.8. The molecule has 1 fully saturated rings. The monoisotopic (exact) mass is 262 g/mol. The number of nitrogens with zero attached hydrogens (tertiary/aromatic N) is 1. The first-order chi connectivity index (χ1) is 9.35. The number of hydrogen-bond acceptors (Lipinski definition) is 4. The largest absolute Gasteiger partial charge is 0.454 e. The average Bonchev–Trinajstić information content (AvgIpc) is 2.87. The van der Waals surface area contributed by atoms with Gasteiger partial charge >= 0.3 is 0 Å². The Bertz CT molecular complexity index is 434. The standard InChI is InChI=1S/C15H22N2O2/c1-2-16-13-4-3-7-17(10-13)9-12-5-6-14-15(8-12)19-11-18-14/h5-6,8,13,16H,2-4,7,9-11H2,1H3. The van der Waals surface area contributed by atoms with Crippen LogP contribution in [0.4, 0.5) is 0 Å². The fourth-order valence-corrected chi connectivity index (χ4v) is 2.95. The zero-order valence-electron chi connectivity index (χ0n) is 11.5. The van der Waals surface area contributed by atoms with E-state index in [1.54, 1.807) is 0 Å². The van der Waals surface area contributed by atoms with Gasteiger partial charge in [0.2, 0.25) is 6.79 Å². The summed E-state index contributed by atoms with van der Waals surface area (Å²) in [5.74, 6) is 1.76. The van der Waals surface area contributed by atoms with Crippen LogP contribution in [0.5, 0.6) is 11.5 Å². The van der Waals surface area contributed by atoms with Gasteiger partial charge in [-0.1, -0.05) is 13.0 Å². The van der Waals surface area contributed by atoms with Crippen LogP contribution >= 0.6 is 0 Å². The van der Waals surface area contributed by atoms with Gasteiger partial charge < -0.3 is 14.8 Å². The molecule has 19 heavy (non-hydrogen) atoms. The van der Waals surface area contributed by atoms with Gasteiger partial charge in [-0.3, -0.25) is 4.90 Å². The maximum atomic E-state index is 5.43. The molecule has 104 valence electrons. The van der Waals surface area contributed by atoms with Crippen LogP contribution in [0, 0.1) is 0 Å². The Morgan fingerprint density at radius 3 is 3.11 bits per heavy atom. The zero-order valence-corrected chi connectivity index (χ0v) is 11.5. The molecule has 4 heteroatoms. The van der Waals surface area contributed by atoms with Crippen LogP contribution < -0.4 is 14.8 Å². The quantitative estimate of drug-likeness (QED) is 0.899. The van der Waals surface area contributed by atoms with Crippen molar-refractivity contribution in [2.45, 2.75) is 32.4 Å². The topological polar surface area (TPSA) is 33.7 Å². The smallest absolute Gasteiger partial charge is 0.231 e. The number of fused-ring (bicyclic) bond motifs is 1. The van der Waals surface area contributed by atoms with Gasteiger partial charge in [-0.25, -0.2) is 0 Å². The number of ether oxygens (including phenoxy) is 2. The van der Waals surface area contributed by atoms with Crippen molar-refractivity contribution >= 4 is 0 Å². The minimum Gasteiger partial charge on any atom is -0.454 e. The van der Waals surface area contributed by atoms with Crippen LogP contribution in [0.3, 0.4) is 0 Å². The minimum atomic E-state index is 0.352. The molecule has 1 aromatic carbocycles. The normalized spacial score (nSPS) is 22.7. The Morgan fingerprint density at radius 1 is 1.32 bits per heavy atom. The Labute approximate surface area is 114 Å². The van der Waals surface area contributed by atoms with E-state index in [0.717, 1.165) is 31.1 Å². The molecule has 1 atom stereocenters. The molecule has 1 aromatic rings. The third-order valence-corrected chi connectivity index (χ3v) is 3.84. The Kier molecular flexibility index (Phi) is 3.89. The van der Waals surface area contributed by atoms with Gasteiger partial charge in [0.25, 0.3) is 0 Å². The molecule has 1 saturated heterocycles. The van der Waals surface area contributed by atoms with Crippen molar-refractivity contribution in [1.82, 2.24) is 10.2 Å². The number of benzene rings is 1. The summed E-state index contributed by atoms with van der Waals surface area (Å²) in [7, 11) is 0. The van der Waals surface area contributed by atoms with Gasteiger partial charge in [0, 0.05) is 19.1 Å². The van der Waals surface area contributed by atoms with Crippen LogP contribution in [-0.4, -0.2) is 37.4 Å². The molecule has 0 aromatic heterocycles. The third-order valence-electron chi connectivity index (χ3n) is 3.84. The lowest BCUT2D eigenvalue weighted by atomic mass is 10.0. The van der Waals surface area contributed by atoms with E-state index < -0.39 is 0 Å². The molecule has 2 aliphatic heterocycles. The van der Waals surface area contributed by atoms with Gasteiger partial charge in [0.05, 0.1) is 0 Å². The lowest BCUT2D eigenvalue weighted by molar-refractivity contribution is 0.173. The Morgan fingerprint density at radius 2 is 2.21 bits per heavy atom. The lowest BCUT2D eigenvalue weighted by Gasteiger charge is -2.33. The van der Waals surface area contributed by atoms with Gasteiger partial charge in [-0.15, -0.1) is 0 Å². The second kappa shape index (κ2) is 5.80. The number of likely N-dealkylation sites (N-methyl/N-ethyl adjacent to an activating group) is 1. The second-order valence-electron chi connectivity index (χ2n) is 5.32. The lowest BCUT2D eigenvalue weighted by Crippen LogP contribution is -2.45. The summed E-state index contributed by atoms with van der Waals surface area (Å²) in [5.41, 5.74) is 1.31. The highest BCUT2D eigenvalue weighted by Crippen LogP contribution is 2.32. The Balaban J connectivity index is 1.61. The summed E-state index contributed by atoms with van der Waals surface area (Å²) < 4.78 is 10.8. The van der Waals surface area contributed by atoms with Crippen molar-refractivity contribution in [2.75, 3.05) is 26.4 Å². The maximum absolute atomic E-state index is 5.43. The van der Waals surface area contributed by atoms with Crippen LogP contribution in [-0.2, 0) is 6.54 Å². The molecule has 0 bridgehead atoms. The third kappa shape index (κ3) is 3.01. The number of hydrogen-bond donors (Lipinski definition) is 1. The number of piperidine rings is 1. The van der Waals surface area contributed by atoms with Crippen LogP contribution in [0.15, 0.2) is 18.2 Å². The molecular weight excluding hydrogens is 240 g/mol. The molecule has 1 N–H and O–H groups in total. The summed E-state index contributed by atoms with van der Waals surface area (Å²) >= 11 is 0. The highest BCUT2D eigenvalue weighted by molar-refractivity contribution is 5.44. The fraction of sp³-hybridized carbons (Fsp3) is 0.600. The zero-order chi connectivity index (χ0) is 13.1. The van der Waals surface area contributed by atoms with Crippen LogP contribution in [0.1, 0.15) is 25.3 Å². The first-order valence-electron chi connectivity index (χ1n) is 7.19. The van der Waals surface area contributed by atoms with Gasteiger partial charge in [-0.05, 0) is 43.6 Å². The van der Waals surface area contributed by atoms with Crippen LogP contribution in [0.25, 0.3) is 0 Å². The summed E-state index contributed by atoms with van der Waals surface area (Å²) in [6, 6.07) is 6.92. The fourth-order valence-electron chi connectivity index (χ4n) is 2.95. The summed E-state index contributed by atoms with van der Waals surface area (Å²) in [6.07, 6.45) is 2.58. The highest BCUT2D eigenvalue weighted by atomic mass is 16.7. The van der Waals surface area contributed by atoms with E-state index in [-0.39, 0.29) is 0 Å². The molecule has 0 amide bonds. The van der Waals surface area contributed by atoms with Crippen molar-refractivity contribution in [3.63, 3.8) is 0 Å². The van der Waals surface area contributed by atoms with E-state index >= 15 is 0 Å². The summed E-state index contributed by atoms with van der Waals surface area (Å²) in [5, 5.41) is 3.56. The first-order valence-corrected chi connectivity index (χ1v) is 7.19. The van der Waals surface area contributed by atoms with Gasteiger partial charge in [-0.2, -0.15) is 0 Å². The van der Waals surface area contributed by atoms with Crippen molar-refractivity contribution in [2.24, 2.45) is 0 Å². The molecule has 0 aliphatic carbocycles. The highest BCUT2D eigenvalue weighted by Gasteiger charge is 2.20. The molecule has 0 radical (unpaired) electrons. The van der Waals surface area contributed by atoms with Crippen molar-refractivity contribution in [3.8, 4) is 11.5 Å². The minimum absolute atomic E-state index is 0.352. The molecule has 4 nitrogen and oxygen atoms in total. The van der Waals surface area contributed by atoms with E-state index in [9.17, 15) is 0 Å². The van der Waals surface area contributed by atoms with E-state index in [1.165, 1.54) is 24.9 Å². The molecule has 3 rings (SSSR count). The predicted molar refractivity (Wildman–Crippen MR) is 74.5 cm³/mol. The Hall–Kier alpha value is -1.26. The van der Waals surface area contributed by atoms with E-state index in [4.69, 9.17) is 9.47 Å². The van der Waals surface area contributed by atoms with Gasteiger partial charge in [0.15, 0.2) is 11.5 Å². The van der Waals surface area contributed by atoms with Crippen molar-refractivity contribution in [3.05, 3.63) is 23.8 Å². The van der Waals surface area contributed by atoms with E-state index in [2.05, 4.69) is 29.3 Å². The molecule has 0 spiro atoms. The van der Waals surface area contributed by atoms with E-state index in [1.807, 2.05) is 6.07 Å². The predicted octanol–water partition coefficient (Wildman–Crippen LogP) is 1.99. The number of likely N-dealkylation sites (tertiary alicyclic amines) is 1. The average molecular weight is 262 g/mol.